The van der Waals surface area contributed by atoms with Crippen molar-refractivity contribution in [3.8, 4) is 5.75 Å². The molecule has 0 aromatic heterocycles. The Morgan fingerprint density at radius 3 is 2.63 bits per heavy atom. The van der Waals surface area contributed by atoms with Crippen LogP contribution in [-0.4, -0.2) is 50.8 Å². The second kappa shape index (κ2) is 6.79. The largest absolute Gasteiger partial charge is 0.497 e. The highest BCUT2D eigenvalue weighted by Gasteiger charge is 2.49. The summed E-state index contributed by atoms with van der Waals surface area (Å²) in [7, 11) is 7.63. The van der Waals surface area contributed by atoms with E-state index in [-0.39, 0.29) is 23.8 Å². The maximum Gasteiger partial charge on any atom is 0.245 e. The highest BCUT2D eigenvalue weighted by Crippen LogP contribution is 2.45. The van der Waals surface area contributed by atoms with Crippen LogP contribution in [0, 0.1) is 0 Å². The monoisotopic (exact) mass is 401 g/mol. The maximum absolute atomic E-state index is 13.3. The van der Waals surface area contributed by atoms with Gasteiger partial charge in [0.2, 0.25) is 11.8 Å². The van der Waals surface area contributed by atoms with Crippen LogP contribution < -0.4 is 20.8 Å². The van der Waals surface area contributed by atoms with E-state index in [1.807, 2.05) is 35.2 Å². The van der Waals surface area contributed by atoms with Gasteiger partial charge in [0.25, 0.3) is 0 Å². The number of rotatable bonds is 2. The van der Waals surface area contributed by atoms with Gasteiger partial charge < -0.3 is 20.3 Å². The number of hydrogen-bond acceptors (Lipinski definition) is 4. The molecule has 2 atom stereocenters. The molecule has 2 radical (unpaired) electrons. The number of carbonyl (C=O) groups is 2. The first-order chi connectivity index (χ1) is 14.4. The minimum atomic E-state index is -0.591. The predicted molar refractivity (Wildman–Crippen MR) is 117 cm³/mol. The minimum Gasteiger partial charge on any atom is -0.497 e. The highest BCUT2D eigenvalue weighted by atomic mass is 16.5. The van der Waals surface area contributed by atoms with Gasteiger partial charge in [-0.3, -0.25) is 9.59 Å². The lowest BCUT2D eigenvalue weighted by atomic mass is 9.72. The van der Waals surface area contributed by atoms with Gasteiger partial charge in [-0.05, 0) is 48.2 Å². The van der Waals surface area contributed by atoms with Crippen LogP contribution in [0.1, 0.15) is 36.8 Å². The highest BCUT2D eigenvalue weighted by molar-refractivity contribution is 6.32. The molecule has 3 heterocycles. The number of nitrogens with zero attached hydrogens (tertiary/aromatic N) is 1. The van der Waals surface area contributed by atoms with Gasteiger partial charge >= 0.3 is 0 Å². The summed E-state index contributed by atoms with van der Waals surface area (Å²) in [6, 6.07) is 11.1. The predicted octanol–water partition coefficient (Wildman–Crippen LogP) is 1.90. The Kier molecular flexibility index (Phi) is 4.31. The van der Waals surface area contributed by atoms with E-state index in [4.69, 9.17) is 12.6 Å². The summed E-state index contributed by atoms with van der Waals surface area (Å²) in [5.41, 5.74) is 3.94. The molecule has 2 aromatic rings. The molecule has 5 rings (SSSR count). The Morgan fingerprint density at radius 1 is 1.17 bits per heavy atom. The Morgan fingerprint density at radius 2 is 1.90 bits per heavy atom. The zero-order chi connectivity index (χ0) is 21.0. The van der Waals surface area contributed by atoms with Crippen molar-refractivity contribution in [1.29, 1.82) is 0 Å². The van der Waals surface area contributed by atoms with Crippen molar-refractivity contribution in [2.45, 2.75) is 37.1 Å². The molecule has 0 aliphatic carbocycles. The third kappa shape index (κ3) is 2.71. The number of piperidine rings is 1. The van der Waals surface area contributed by atoms with Crippen molar-refractivity contribution in [3.05, 3.63) is 47.5 Å². The molecule has 0 saturated carbocycles. The van der Waals surface area contributed by atoms with Crippen LogP contribution in [-0.2, 0) is 15.0 Å². The number of likely N-dealkylation sites (tertiary alicyclic amines) is 1. The van der Waals surface area contributed by atoms with Crippen LogP contribution >= 0.6 is 0 Å². The van der Waals surface area contributed by atoms with Crippen LogP contribution in [0.15, 0.2) is 36.4 Å². The smallest absolute Gasteiger partial charge is 0.245 e. The van der Waals surface area contributed by atoms with Gasteiger partial charge in [-0.2, -0.15) is 0 Å². The van der Waals surface area contributed by atoms with Crippen molar-refractivity contribution < 1.29 is 14.3 Å². The van der Waals surface area contributed by atoms with Gasteiger partial charge in [0.1, 0.15) is 19.6 Å². The van der Waals surface area contributed by atoms with Gasteiger partial charge in [-0.25, -0.2) is 0 Å². The number of fused-ring (bicyclic) bond motifs is 3. The lowest BCUT2D eigenvalue weighted by Gasteiger charge is -2.39. The fourth-order valence-electron chi connectivity index (χ4n) is 5.16. The molecule has 7 heteroatoms. The summed E-state index contributed by atoms with van der Waals surface area (Å²) in [6.07, 6.45) is 1.20. The van der Waals surface area contributed by atoms with Crippen molar-refractivity contribution in [3.63, 3.8) is 0 Å². The third-order valence-electron chi connectivity index (χ3n) is 7.00. The topological polar surface area (TPSA) is 70.7 Å². The quantitative estimate of drug-likeness (QED) is 0.755. The molecular weight excluding hydrogens is 377 g/mol. The number of ether oxygens (including phenoxy) is 1. The van der Waals surface area contributed by atoms with E-state index in [1.165, 1.54) is 0 Å². The zero-order valence-electron chi connectivity index (χ0n) is 17.2. The molecule has 152 valence electrons. The lowest BCUT2D eigenvalue weighted by molar-refractivity contribution is -0.136. The molecule has 1 spiro atoms. The number of nitrogens with one attached hydrogen (secondary N) is 2. The van der Waals surface area contributed by atoms with Gasteiger partial charge in [-0.1, -0.05) is 24.5 Å². The van der Waals surface area contributed by atoms with Crippen LogP contribution in [0.4, 0.5) is 11.4 Å². The summed E-state index contributed by atoms with van der Waals surface area (Å²) in [6.45, 7) is 3.16. The number of anilines is 2. The van der Waals surface area contributed by atoms with E-state index in [0.717, 1.165) is 28.3 Å². The zero-order valence-corrected chi connectivity index (χ0v) is 17.2. The molecule has 3 aliphatic heterocycles. The molecule has 2 amide bonds. The van der Waals surface area contributed by atoms with Crippen LogP contribution in [0.2, 0.25) is 0 Å². The first-order valence-electron chi connectivity index (χ1n) is 10.4. The van der Waals surface area contributed by atoms with E-state index in [1.54, 1.807) is 13.2 Å². The van der Waals surface area contributed by atoms with Gasteiger partial charge in [0, 0.05) is 30.4 Å². The molecule has 1 fully saturated rings. The van der Waals surface area contributed by atoms with E-state index < -0.39 is 5.41 Å². The lowest BCUT2D eigenvalue weighted by Crippen LogP contribution is -2.52. The third-order valence-corrected chi connectivity index (χ3v) is 7.00. The average molecular weight is 401 g/mol. The van der Waals surface area contributed by atoms with Crippen LogP contribution in [0.25, 0.3) is 0 Å². The van der Waals surface area contributed by atoms with Gasteiger partial charge in [0.05, 0.1) is 12.5 Å². The molecule has 2 N–H and O–H groups in total. The van der Waals surface area contributed by atoms with Crippen molar-refractivity contribution in [2.75, 3.05) is 30.8 Å². The van der Waals surface area contributed by atoms with E-state index in [2.05, 4.69) is 17.6 Å². The molecule has 6 nitrogen and oxygen atoms in total. The maximum atomic E-state index is 13.3. The summed E-state index contributed by atoms with van der Waals surface area (Å²) in [5, 5.41) is 6.37. The van der Waals surface area contributed by atoms with E-state index >= 15 is 0 Å². The minimum absolute atomic E-state index is 0.0158. The summed E-state index contributed by atoms with van der Waals surface area (Å²) in [5.74, 6) is 0.940. The number of benzene rings is 2. The van der Waals surface area contributed by atoms with Crippen molar-refractivity contribution in [1.82, 2.24) is 4.90 Å². The first kappa shape index (κ1) is 19.0. The standard InChI is InChI=1S/C23H24BN3O3/c1-13-16-12-15(30-2)4-6-18(16)25-20(13)21(28)27-9-7-23(8-10-27)17-11-14(24)3-5-19(17)26-22(23)29/h3-6,11-13,20,25H,7-10H2,1-2H3,(H,26,29). The Bertz CT molecular complexity index is 1050. The molecular formula is C23H24BN3O3. The fourth-order valence-corrected chi connectivity index (χ4v) is 5.16. The van der Waals surface area contributed by atoms with Gasteiger partial charge in [0.15, 0.2) is 0 Å². The number of hydrogen-bond donors (Lipinski definition) is 2. The Labute approximate surface area is 177 Å². The molecule has 1 saturated heterocycles. The second-order valence-electron chi connectivity index (χ2n) is 8.53. The molecule has 30 heavy (non-hydrogen) atoms. The summed E-state index contributed by atoms with van der Waals surface area (Å²) in [4.78, 5) is 28.1. The number of amides is 2. The summed E-state index contributed by atoms with van der Waals surface area (Å²) < 4.78 is 5.33. The molecule has 0 bridgehead atoms. The fraction of sp³-hybridized carbons (Fsp3) is 0.391. The number of carbonyl (C=O) groups excluding carboxylic acids is 2. The summed E-state index contributed by atoms with van der Waals surface area (Å²) >= 11 is 0. The van der Waals surface area contributed by atoms with Crippen LogP contribution in [0.3, 0.4) is 0 Å². The van der Waals surface area contributed by atoms with Crippen molar-refractivity contribution in [2.24, 2.45) is 0 Å². The second-order valence-corrected chi connectivity index (χ2v) is 8.53. The normalized spacial score (nSPS) is 23.5. The molecule has 3 aliphatic rings. The average Bonchev–Trinajstić information content (AvgIpc) is 3.22. The van der Waals surface area contributed by atoms with Crippen molar-refractivity contribution >= 4 is 36.5 Å². The Balaban J connectivity index is 1.33. The van der Waals surface area contributed by atoms with Gasteiger partial charge in [-0.15, -0.1) is 0 Å². The Hall–Kier alpha value is -2.96. The molecule has 2 aromatic carbocycles. The SMILES string of the molecule is [B]c1ccc2c(c1)C1(CCN(C(=O)C3Nc4ccc(OC)cc4C3C)CC1)C(=O)N2. The first-order valence-corrected chi connectivity index (χ1v) is 10.4. The molecule has 2 unspecified atom stereocenters. The van der Waals surface area contributed by atoms with E-state index in [9.17, 15) is 9.59 Å². The van der Waals surface area contributed by atoms with E-state index in [0.29, 0.717) is 31.4 Å². The number of methoxy groups -OCH3 is 1. The van der Waals surface area contributed by atoms with Crippen LogP contribution in [0.5, 0.6) is 5.75 Å².